The third-order valence-electron chi connectivity index (χ3n) is 3.38. The number of rotatable bonds is 3. The molecule has 0 radical (unpaired) electrons. The molecule has 1 aromatic carbocycles. The largest absolute Gasteiger partial charge is 0.462 e. The smallest absolute Gasteiger partial charge is 0.345 e. The third-order valence-corrected chi connectivity index (χ3v) is 4.74. The van der Waals surface area contributed by atoms with Crippen molar-refractivity contribution in [2.45, 2.75) is 11.8 Å². The lowest BCUT2D eigenvalue weighted by Gasteiger charge is -2.10. The van der Waals surface area contributed by atoms with Gasteiger partial charge in [0, 0.05) is 22.5 Å². The first-order valence-electron chi connectivity index (χ1n) is 6.66. The minimum absolute atomic E-state index is 0.0687. The van der Waals surface area contributed by atoms with Crippen molar-refractivity contribution in [2.24, 2.45) is 0 Å². The fraction of sp³-hybridized carbons (Fsp3) is 0.200. The molecule has 0 fully saturated rings. The van der Waals surface area contributed by atoms with Crippen molar-refractivity contribution in [1.82, 2.24) is 4.40 Å². The van der Waals surface area contributed by atoms with E-state index in [0.29, 0.717) is 10.3 Å². The van der Waals surface area contributed by atoms with Gasteiger partial charge in [-0.1, -0.05) is 23.2 Å². The second kappa shape index (κ2) is 6.11. The summed E-state index contributed by atoms with van der Waals surface area (Å²) in [6.07, 6.45) is 1.68. The van der Waals surface area contributed by atoms with E-state index in [1.807, 2.05) is 0 Å². The zero-order chi connectivity index (χ0) is 16.7. The van der Waals surface area contributed by atoms with Crippen LogP contribution in [0.4, 0.5) is 4.39 Å². The monoisotopic (exact) mass is 373 g/mol. The van der Waals surface area contributed by atoms with Gasteiger partial charge in [-0.25, -0.2) is 9.18 Å². The molecule has 0 aliphatic carbocycles. The molecule has 0 bridgehead atoms. The summed E-state index contributed by atoms with van der Waals surface area (Å²) in [7, 11) is 0. The number of hydrogen-bond donors (Lipinski definition) is 0. The Balaban J connectivity index is 2.46. The van der Waals surface area contributed by atoms with Crippen LogP contribution in [0.15, 0.2) is 28.5 Å². The van der Waals surface area contributed by atoms with Gasteiger partial charge in [-0.05, 0) is 19.1 Å². The molecule has 0 aliphatic rings. The Hall–Kier alpha value is -1.63. The van der Waals surface area contributed by atoms with Crippen molar-refractivity contribution >= 4 is 56.2 Å². The molecule has 0 saturated heterocycles. The Morgan fingerprint density at radius 3 is 2.83 bits per heavy atom. The van der Waals surface area contributed by atoms with Crippen LogP contribution in [-0.2, 0) is 4.74 Å². The second-order valence-electron chi connectivity index (χ2n) is 4.69. The summed E-state index contributed by atoms with van der Waals surface area (Å²) in [5, 5.41) is 1.79. The van der Waals surface area contributed by atoms with Crippen molar-refractivity contribution in [1.29, 1.82) is 0 Å². The summed E-state index contributed by atoms with van der Waals surface area (Å²) in [5.74, 6) is -1.43. The van der Waals surface area contributed by atoms with E-state index in [1.54, 1.807) is 22.9 Å². The van der Waals surface area contributed by atoms with Crippen LogP contribution in [0.25, 0.3) is 15.7 Å². The van der Waals surface area contributed by atoms with Gasteiger partial charge in [-0.15, -0.1) is 11.3 Å². The van der Waals surface area contributed by atoms with Crippen LogP contribution >= 0.6 is 34.5 Å². The molecule has 0 N–H and O–H groups in total. The molecule has 2 heterocycles. The van der Waals surface area contributed by atoms with Gasteiger partial charge in [0.25, 0.3) is 0 Å². The molecule has 23 heavy (non-hydrogen) atoms. The third kappa shape index (κ3) is 2.60. The molecule has 0 unspecified atom stereocenters. The van der Waals surface area contributed by atoms with Crippen LogP contribution in [0.2, 0.25) is 0 Å². The van der Waals surface area contributed by atoms with Crippen molar-refractivity contribution in [3.63, 3.8) is 0 Å². The molecule has 120 valence electrons. The second-order valence-corrected chi connectivity index (χ2v) is 6.69. The van der Waals surface area contributed by atoms with Crippen LogP contribution < -0.4 is 5.43 Å². The van der Waals surface area contributed by atoms with Crippen molar-refractivity contribution in [3.8, 4) is 0 Å². The molecule has 0 amide bonds. The molecule has 0 spiro atoms. The number of esters is 1. The average molecular weight is 374 g/mol. The Morgan fingerprint density at radius 2 is 2.17 bits per heavy atom. The molecule has 8 heteroatoms. The van der Waals surface area contributed by atoms with E-state index in [0.717, 1.165) is 6.07 Å². The summed E-state index contributed by atoms with van der Waals surface area (Å²) < 4.78 is 20.7. The van der Waals surface area contributed by atoms with Gasteiger partial charge in [0.1, 0.15) is 21.0 Å². The van der Waals surface area contributed by atoms with Crippen molar-refractivity contribution in [2.75, 3.05) is 6.61 Å². The topological polar surface area (TPSA) is 47.8 Å². The van der Waals surface area contributed by atoms with Crippen LogP contribution in [0, 0.1) is 5.82 Å². The van der Waals surface area contributed by atoms with Crippen LogP contribution in [0.3, 0.4) is 0 Å². The molecule has 4 nitrogen and oxygen atoms in total. The quantitative estimate of drug-likeness (QED) is 0.507. The first kappa shape index (κ1) is 16.2. The fourth-order valence-electron chi connectivity index (χ4n) is 2.39. The summed E-state index contributed by atoms with van der Waals surface area (Å²) in [6.45, 7) is 1.79. The fourth-order valence-corrected chi connectivity index (χ4v) is 3.60. The standard InChI is InChI=1S/C15H10Cl2FNO3S/c1-2-22-15(21)11-12(20)8-5-9(18)7(13(16)17)6-10(8)19-3-4-23-14(11)19/h3-6,13H,2H2,1H3. The predicted octanol–water partition coefficient (Wildman–Crippen LogP) is 4.31. The number of alkyl halides is 2. The number of nitrogens with zero attached hydrogens (tertiary/aromatic N) is 1. The van der Waals surface area contributed by atoms with Gasteiger partial charge in [0.05, 0.1) is 12.1 Å². The Kier molecular flexibility index (Phi) is 4.31. The maximum Gasteiger partial charge on any atom is 0.345 e. The molecule has 2 aromatic heterocycles. The minimum Gasteiger partial charge on any atom is -0.462 e. The van der Waals surface area contributed by atoms with E-state index in [2.05, 4.69) is 0 Å². The molecule has 0 aliphatic heterocycles. The van der Waals surface area contributed by atoms with Gasteiger partial charge in [0.15, 0.2) is 0 Å². The zero-order valence-electron chi connectivity index (χ0n) is 11.8. The molecule has 3 aromatic rings. The molecule has 0 saturated carbocycles. The van der Waals surface area contributed by atoms with Gasteiger partial charge in [-0.2, -0.15) is 0 Å². The number of fused-ring (bicyclic) bond motifs is 3. The lowest BCUT2D eigenvalue weighted by molar-refractivity contribution is 0.0527. The number of hydrogen-bond acceptors (Lipinski definition) is 4. The van der Waals surface area contributed by atoms with Crippen LogP contribution in [-0.4, -0.2) is 17.0 Å². The molecule has 3 rings (SSSR count). The normalized spacial score (nSPS) is 11.5. The van der Waals surface area contributed by atoms with Gasteiger partial charge in [-0.3, -0.25) is 4.79 Å². The SMILES string of the molecule is CCOC(=O)c1c(=O)c2cc(F)c(C(Cl)Cl)cc2n2ccsc12. The van der Waals surface area contributed by atoms with E-state index in [4.69, 9.17) is 27.9 Å². The number of benzene rings is 1. The Labute approximate surface area is 144 Å². The van der Waals surface area contributed by atoms with E-state index in [1.165, 1.54) is 17.4 Å². The van der Waals surface area contributed by atoms with Gasteiger partial charge < -0.3 is 9.14 Å². The number of carbonyl (C=O) groups is 1. The Morgan fingerprint density at radius 1 is 1.43 bits per heavy atom. The first-order chi connectivity index (χ1) is 11.0. The van der Waals surface area contributed by atoms with Gasteiger partial charge >= 0.3 is 5.97 Å². The van der Waals surface area contributed by atoms with Crippen LogP contribution in [0.5, 0.6) is 0 Å². The van der Waals surface area contributed by atoms with Gasteiger partial charge in [0.2, 0.25) is 5.43 Å². The van der Waals surface area contributed by atoms with E-state index in [-0.39, 0.29) is 23.1 Å². The first-order valence-corrected chi connectivity index (χ1v) is 8.41. The van der Waals surface area contributed by atoms with E-state index in [9.17, 15) is 14.0 Å². The molecular formula is C15H10Cl2FNO3S. The highest BCUT2D eigenvalue weighted by atomic mass is 35.5. The number of aromatic nitrogens is 1. The van der Waals surface area contributed by atoms with Crippen molar-refractivity contribution in [3.05, 3.63) is 50.9 Å². The number of halogens is 3. The van der Waals surface area contributed by atoms with E-state index >= 15 is 0 Å². The zero-order valence-corrected chi connectivity index (χ0v) is 14.1. The number of carbonyl (C=O) groups excluding carboxylic acids is 1. The average Bonchev–Trinajstić information content (AvgIpc) is 2.96. The molecular weight excluding hydrogens is 364 g/mol. The number of pyridine rings is 1. The highest BCUT2D eigenvalue weighted by molar-refractivity contribution is 7.16. The van der Waals surface area contributed by atoms with Crippen molar-refractivity contribution < 1.29 is 13.9 Å². The molecule has 0 atom stereocenters. The maximum absolute atomic E-state index is 14.1. The maximum atomic E-state index is 14.1. The summed E-state index contributed by atoms with van der Waals surface area (Å²) in [6, 6.07) is 2.48. The highest BCUT2D eigenvalue weighted by Gasteiger charge is 2.22. The summed E-state index contributed by atoms with van der Waals surface area (Å²) in [5.41, 5.74) is -0.173. The summed E-state index contributed by atoms with van der Waals surface area (Å²) in [4.78, 5) is 24.1. The van der Waals surface area contributed by atoms with Crippen LogP contribution in [0.1, 0.15) is 27.7 Å². The number of ether oxygens (including phenoxy) is 1. The minimum atomic E-state index is -1.06. The Bertz CT molecular complexity index is 980. The predicted molar refractivity (Wildman–Crippen MR) is 89.4 cm³/mol. The summed E-state index contributed by atoms with van der Waals surface area (Å²) >= 11 is 12.7. The lowest BCUT2D eigenvalue weighted by Crippen LogP contribution is -2.20. The number of thiazole rings is 1. The van der Waals surface area contributed by atoms with E-state index < -0.39 is 22.1 Å². The highest BCUT2D eigenvalue weighted by Crippen LogP contribution is 2.31. The lowest BCUT2D eigenvalue weighted by atomic mass is 10.1.